The van der Waals surface area contributed by atoms with Gasteiger partial charge >= 0.3 is 6.29 Å². The highest BCUT2D eigenvalue weighted by Crippen LogP contribution is 2.41. The minimum Gasteiger partial charge on any atom is -0.395 e. The Balaban J connectivity index is 1.28. The van der Waals surface area contributed by atoms with Crippen LogP contribution in [0.5, 0.6) is 11.5 Å². The Morgan fingerprint density at radius 2 is 1.97 bits per heavy atom. The van der Waals surface area contributed by atoms with Crippen LogP contribution in [0.4, 0.5) is 8.78 Å². The number of aromatic nitrogens is 2. The number of carbonyl (C=O) groups excluding carboxylic acids is 1. The summed E-state index contributed by atoms with van der Waals surface area (Å²) in [5.41, 5.74) is 2.20. The summed E-state index contributed by atoms with van der Waals surface area (Å²) in [6.45, 7) is 0. The van der Waals surface area contributed by atoms with Crippen molar-refractivity contribution in [3.8, 4) is 11.5 Å². The number of imidazole rings is 1. The number of nitrogens with zero attached hydrogens (tertiary/aromatic N) is 1. The molecule has 150 valence electrons. The number of carbonyl (C=O) groups is 1. The number of aromatic amines is 1. The van der Waals surface area contributed by atoms with Gasteiger partial charge in [0.15, 0.2) is 11.5 Å². The molecule has 2 heterocycles. The lowest BCUT2D eigenvalue weighted by molar-refractivity contribution is -0.286. The maximum absolute atomic E-state index is 13.2. The number of amides is 1. The molecule has 1 unspecified atom stereocenters. The lowest BCUT2D eigenvalue weighted by Gasteiger charge is -2.28. The molecule has 2 N–H and O–H groups in total. The highest BCUT2D eigenvalue weighted by atomic mass is 19.3. The van der Waals surface area contributed by atoms with Crippen molar-refractivity contribution >= 4 is 16.9 Å². The second-order valence-corrected chi connectivity index (χ2v) is 7.50. The summed E-state index contributed by atoms with van der Waals surface area (Å²) in [6, 6.07) is 11.9. The van der Waals surface area contributed by atoms with E-state index in [0.717, 1.165) is 42.5 Å². The molecule has 2 aliphatic rings. The predicted molar refractivity (Wildman–Crippen MR) is 101 cm³/mol. The van der Waals surface area contributed by atoms with Crippen molar-refractivity contribution in [3.05, 3.63) is 53.9 Å². The van der Waals surface area contributed by atoms with Gasteiger partial charge in [0.05, 0.1) is 11.0 Å². The first kappa shape index (κ1) is 17.9. The predicted octanol–water partition coefficient (Wildman–Crippen LogP) is 4.34. The van der Waals surface area contributed by atoms with E-state index in [1.165, 1.54) is 18.2 Å². The van der Waals surface area contributed by atoms with Crippen LogP contribution in [-0.4, -0.2) is 28.2 Å². The second-order valence-electron chi connectivity index (χ2n) is 7.50. The van der Waals surface area contributed by atoms with Gasteiger partial charge in [-0.2, -0.15) is 0 Å². The first-order valence-electron chi connectivity index (χ1n) is 9.62. The zero-order valence-electron chi connectivity index (χ0n) is 15.5. The number of benzene rings is 2. The highest BCUT2D eigenvalue weighted by molar-refractivity contribution is 5.95. The van der Waals surface area contributed by atoms with Crippen LogP contribution < -0.4 is 14.8 Å². The molecule has 2 aromatic carbocycles. The maximum Gasteiger partial charge on any atom is 0.586 e. The number of hydrogen-bond acceptors (Lipinski definition) is 4. The van der Waals surface area contributed by atoms with Crippen molar-refractivity contribution < 1.29 is 23.0 Å². The third-order valence-electron chi connectivity index (χ3n) is 5.47. The van der Waals surface area contributed by atoms with Crippen molar-refractivity contribution in [2.24, 2.45) is 0 Å². The lowest BCUT2D eigenvalue weighted by Crippen LogP contribution is -2.38. The van der Waals surface area contributed by atoms with Crippen LogP contribution in [0, 0.1) is 0 Å². The average molecular weight is 399 g/mol. The summed E-state index contributed by atoms with van der Waals surface area (Å²) in [5.74, 6) is 0.648. The Kier molecular flexibility index (Phi) is 4.15. The van der Waals surface area contributed by atoms with E-state index in [4.69, 9.17) is 4.98 Å². The number of halogens is 2. The van der Waals surface area contributed by atoms with Gasteiger partial charge in [-0.05, 0) is 49.6 Å². The molecule has 29 heavy (non-hydrogen) atoms. The highest BCUT2D eigenvalue weighted by Gasteiger charge is 2.43. The summed E-state index contributed by atoms with van der Waals surface area (Å²) >= 11 is 0. The van der Waals surface area contributed by atoms with Crippen molar-refractivity contribution in [2.75, 3.05) is 0 Å². The smallest absolute Gasteiger partial charge is 0.395 e. The first-order valence-corrected chi connectivity index (χ1v) is 9.62. The third kappa shape index (κ3) is 3.50. The molecule has 1 amide bonds. The monoisotopic (exact) mass is 399 g/mol. The third-order valence-corrected chi connectivity index (χ3v) is 5.47. The summed E-state index contributed by atoms with van der Waals surface area (Å²) in [6.07, 6.45) is -0.0782. The number of alkyl halides is 2. The van der Waals surface area contributed by atoms with Crippen LogP contribution in [0.3, 0.4) is 0 Å². The van der Waals surface area contributed by atoms with Crippen LogP contribution in [-0.2, 0) is 0 Å². The van der Waals surface area contributed by atoms with E-state index in [-0.39, 0.29) is 34.9 Å². The molecule has 0 radical (unpaired) electrons. The quantitative estimate of drug-likeness (QED) is 0.687. The number of fused-ring (bicyclic) bond motifs is 2. The van der Waals surface area contributed by atoms with E-state index < -0.39 is 6.29 Å². The van der Waals surface area contributed by atoms with Gasteiger partial charge < -0.3 is 19.8 Å². The number of nitrogens with one attached hydrogen (secondary N) is 2. The SMILES string of the molecule is O=C(N[C@@H]1CCCC(c2nc3ccccc3[nH]2)C1)c1ccc2c(c1)OC(F)(F)O2. The summed E-state index contributed by atoms with van der Waals surface area (Å²) in [5, 5.41) is 3.02. The Hall–Kier alpha value is -3.16. The standard InChI is InChI=1S/C21H19F2N3O3/c22-21(23)28-17-9-8-13(11-18(17)29-21)20(27)24-14-5-3-4-12(10-14)19-25-15-6-1-2-7-16(15)26-19/h1-2,6-9,11-12,14H,3-5,10H2,(H,24,27)(H,25,26)/t12?,14-/m1/s1. The molecular weight excluding hydrogens is 380 g/mol. The van der Waals surface area contributed by atoms with Gasteiger partial charge in [-0.3, -0.25) is 4.79 Å². The Morgan fingerprint density at radius 1 is 1.14 bits per heavy atom. The minimum atomic E-state index is -3.69. The van der Waals surface area contributed by atoms with Crippen LogP contribution in [0.1, 0.15) is 47.8 Å². The maximum atomic E-state index is 13.2. The van der Waals surface area contributed by atoms with Crippen LogP contribution in [0.25, 0.3) is 11.0 Å². The average Bonchev–Trinajstić information content (AvgIpc) is 3.26. The first-order chi connectivity index (χ1) is 14.0. The van der Waals surface area contributed by atoms with Crippen molar-refractivity contribution in [1.29, 1.82) is 0 Å². The molecule has 8 heteroatoms. The van der Waals surface area contributed by atoms with E-state index in [9.17, 15) is 13.6 Å². The van der Waals surface area contributed by atoms with Crippen molar-refractivity contribution in [2.45, 2.75) is 43.9 Å². The fourth-order valence-corrected chi connectivity index (χ4v) is 4.09. The van der Waals surface area contributed by atoms with E-state index in [2.05, 4.69) is 19.8 Å². The number of rotatable bonds is 3. The molecule has 1 fully saturated rings. The van der Waals surface area contributed by atoms with Gasteiger partial charge in [-0.25, -0.2) is 4.98 Å². The van der Waals surface area contributed by atoms with Gasteiger partial charge in [0.25, 0.3) is 5.91 Å². The Morgan fingerprint density at radius 3 is 2.83 bits per heavy atom. The Labute approximate surface area is 165 Å². The molecule has 6 nitrogen and oxygen atoms in total. The van der Waals surface area contributed by atoms with E-state index in [1.807, 2.05) is 24.3 Å². The largest absolute Gasteiger partial charge is 0.586 e. The molecule has 1 aromatic heterocycles. The zero-order chi connectivity index (χ0) is 20.0. The van der Waals surface area contributed by atoms with E-state index in [1.54, 1.807) is 0 Å². The van der Waals surface area contributed by atoms with Gasteiger partial charge in [-0.1, -0.05) is 18.6 Å². The molecule has 1 aliphatic heterocycles. The number of ether oxygens (including phenoxy) is 2. The molecule has 1 saturated carbocycles. The number of hydrogen-bond donors (Lipinski definition) is 2. The molecule has 5 rings (SSSR count). The minimum absolute atomic E-state index is 0.0127. The lowest BCUT2D eigenvalue weighted by atomic mass is 9.85. The van der Waals surface area contributed by atoms with Gasteiger partial charge in [0, 0.05) is 17.5 Å². The number of H-pyrrole nitrogens is 1. The normalized spacial score (nSPS) is 22.6. The molecule has 0 bridgehead atoms. The molecule has 2 atom stereocenters. The van der Waals surface area contributed by atoms with Crippen LogP contribution in [0.2, 0.25) is 0 Å². The van der Waals surface area contributed by atoms with Gasteiger partial charge in [0.2, 0.25) is 0 Å². The molecule has 1 aliphatic carbocycles. The van der Waals surface area contributed by atoms with Crippen molar-refractivity contribution in [1.82, 2.24) is 15.3 Å². The van der Waals surface area contributed by atoms with Gasteiger partial charge in [0.1, 0.15) is 5.82 Å². The molecule has 0 spiro atoms. The summed E-state index contributed by atoms with van der Waals surface area (Å²) in [4.78, 5) is 20.7. The molecule has 0 saturated heterocycles. The zero-order valence-corrected chi connectivity index (χ0v) is 15.5. The number of para-hydroxylation sites is 2. The van der Waals surface area contributed by atoms with E-state index >= 15 is 0 Å². The second kappa shape index (κ2) is 6.72. The van der Waals surface area contributed by atoms with Crippen molar-refractivity contribution in [3.63, 3.8) is 0 Å². The molecule has 3 aromatic rings. The summed E-state index contributed by atoms with van der Waals surface area (Å²) in [7, 11) is 0. The Bertz CT molecular complexity index is 1050. The topological polar surface area (TPSA) is 76.2 Å². The van der Waals surface area contributed by atoms with Gasteiger partial charge in [-0.15, -0.1) is 8.78 Å². The fourth-order valence-electron chi connectivity index (χ4n) is 4.09. The van der Waals surface area contributed by atoms with Crippen LogP contribution in [0.15, 0.2) is 42.5 Å². The molecular formula is C21H19F2N3O3. The fraction of sp³-hybridized carbons (Fsp3) is 0.333. The van der Waals surface area contributed by atoms with Crippen LogP contribution >= 0.6 is 0 Å². The summed E-state index contributed by atoms with van der Waals surface area (Å²) < 4.78 is 35.1. The van der Waals surface area contributed by atoms with E-state index in [0.29, 0.717) is 0 Å².